The Hall–Kier alpha value is -1.20. The van der Waals surface area contributed by atoms with Crippen LogP contribution in [0.5, 0.6) is 0 Å². The number of aromatic nitrogens is 2. The van der Waals surface area contributed by atoms with Crippen molar-refractivity contribution in [2.24, 2.45) is 5.73 Å². The topological polar surface area (TPSA) is 67.1 Å². The normalized spacial score (nSPS) is 22.1. The largest absolute Gasteiger partial charge is 0.352 e. The lowest BCUT2D eigenvalue weighted by molar-refractivity contribution is 0.411. The van der Waals surface area contributed by atoms with Crippen molar-refractivity contribution in [3.05, 3.63) is 18.0 Å². The number of anilines is 1. The summed E-state index contributed by atoms with van der Waals surface area (Å²) in [4.78, 5) is 11.1. The molecule has 1 aromatic rings. The minimum absolute atomic E-state index is 0.318. The quantitative estimate of drug-likeness (QED) is 0.816. The zero-order valence-corrected chi connectivity index (χ0v) is 11.3. The molecule has 2 rings (SSSR count). The van der Waals surface area contributed by atoms with Gasteiger partial charge in [-0.05, 0) is 45.5 Å². The molecule has 0 aromatic carbocycles. The Morgan fingerprint density at radius 2 is 2.22 bits per heavy atom. The van der Waals surface area contributed by atoms with E-state index in [0.29, 0.717) is 24.5 Å². The Kier molecular flexibility index (Phi) is 4.49. The summed E-state index contributed by atoms with van der Waals surface area (Å²) in [5.41, 5.74) is 6.76. The van der Waals surface area contributed by atoms with Gasteiger partial charge in [-0.15, -0.1) is 0 Å². The molecule has 2 unspecified atom stereocenters. The predicted octanol–water partition coefficient (Wildman–Crippen LogP) is 1.04. The van der Waals surface area contributed by atoms with Gasteiger partial charge in [-0.1, -0.05) is 0 Å². The highest BCUT2D eigenvalue weighted by Crippen LogP contribution is 2.25. The van der Waals surface area contributed by atoms with E-state index in [1.54, 1.807) is 0 Å². The summed E-state index contributed by atoms with van der Waals surface area (Å²) in [5, 5.41) is 3.26. The van der Waals surface area contributed by atoms with E-state index < -0.39 is 0 Å². The van der Waals surface area contributed by atoms with Crippen LogP contribution in [0.4, 0.5) is 5.95 Å². The summed E-state index contributed by atoms with van der Waals surface area (Å²) >= 11 is 0. The van der Waals surface area contributed by atoms with Gasteiger partial charge in [0.2, 0.25) is 5.95 Å². The Morgan fingerprint density at radius 1 is 1.50 bits per heavy atom. The number of nitrogens with one attached hydrogen (secondary N) is 1. The first-order valence-corrected chi connectivity index (χ1v) is 6.66. The summed E-state index contributed by atoms with van der Waals surface area (Å²) < 4.78 is 0. The van der Waals surface area contributed by atoms with Crippen LogP contribution in [-0.2, 0) is 0 Å². The van der Waals surface area contributed by atoms with Crippen LogP contribution in [-0.4, -0.2) is 47.6 Å². The summed E-state index contributed by atoms with van der Waals surface area (Å²) in [6.07, 6.45) is 6.04. The van der Waals surface area contributed by atoms with E-state index in [9.17, 15) is 0 Å². The number of hydrogen-bond acceptors (Lipinski definition) is 5. The second-order valence-electron chi connectivity index (χ2n) is 5.21. The van der Waals surface area contributed by atoms with Crippen molar-refractivity contribution in [3.8, 4) is 0 Å². The molecule has 1 aromatic heterocycles. The Labute approximate surface area is 109 Å². The van der Waals surface area contributed by atoms with Crippen LogP contribution in [0.25, 0.3) is 0 Å². The molecule has 0 radical (unpaired) electrons. The second kappa shape index (κ2) is 6.11. The van der Waals surface area contributed by atoms with Crippen molar-refractivity contribution in [1.29, 1.82) is 0 Å². The molecule has 0 spiro atoms. The fourth-order valence-electron chi connectivity index (χ4n) is 2.37. The number of hydrogen-bond donors (Lipinski definition) is 2. The maximum atomic E-state index is 5.52. The minimum atomic E-state index is 0.318. The molecule has 0 saturated carbocycles. The van der Waals surface area contributed by atoms with Crippen molar-refractivity contribution >= 4 is 5.95 Å². The summed E-state index contributed by atoms with van der Waals surface area (Å²) in [6.45, 7) is 5.05. The maximum absolute atomic E-state index is 5.52. The third-order valence-electron chi connectivity index (χ3n) is 3.51. The highest BCUT2D eigenvalue weighted by atomic mass is 15.1. The van der Waals surface area contributed by atoms with Crippen molar-refractivity contribution < 1.29 is 0 Å². The van der Waals surface area contributed by atoms with E-state index in [0.717, 1.165) is 19.5 Å². The van der Waals surface area contributed by atoms with E-state index in [1.165, 1.54) is 12.0 Å². The second-order valence-corrected chi connectivity index (χ2v) is 5.21. The van der Waals surface area contributed by atoms with Gasteiger partial charge in [-0.3, -0.25) is 0 Å². The van der Waals surface area contributed by atoms with Gasteiger partial charge in [0.05, 0.1) is 0 Å². The molecule has 5 nitrogen and oxygen atoms in total. The zero-order valence-electron chi connectivity index (χ0n) is 11.3. The molecule has 1 fully saturated rings. The van der Waals surface area contributed by atoms with Crippen LogP contribution < -0.4 is 11.1 Å². The molecule has 100 valence electrons. The van der Waals surface area contributed by atoms with E-state index in [1.807, 2.05) is 12.4 Å². The van der Waals surface area contributed by atoms with Crippen LogP contribution in [0.3, 0.4) is 0 Å². The smallest absolute Gasteiger partial charge is 0.222 e. The molecule has 1 aliphatic rings. The van der Waals surface area contributed by atoms with Gasteiger partial charge in [0, 0.05) is 30.9 Å². The summed E-state index contributed by atoms with van der Waals surface area (Å²) in [7, 11) is 2.16. The van der Waals surface area contributed by atoms with Crippen molar-refractivity contribution in [2.75, 3.05) is 32.0 Å². The predicted molar refractivity (Wildman–Crippen MR) is 73.6 cm³/mol. The Balaban J connectivity index is 1.93. The number of nitrogens with two attached hydrogens (primary N) is 1. The SMILES string of the molecule is CC(CCN)Nc1ncc(C2CCN(C)C2)cn1. The lowest BCUT2D eigenvalue weighted by Crippen LogP contribution is -2.20. The number of rotatable bonds is 5. The molecule has 5 heteroatoms. The molecule has 2 heterocycles. The third kappa shape index (κ3) is 3.40. The standard InChI is InChI=1S/C13H23N5/c1-10(3-5-14)17-13-15-7-12(8-16-13)11-4-6-18(2)9-11/h7-8,10-11H,3-6,9,14H2,1-2H3,(H,15,16,17). The monoisotopic (exact) mass is 249 g/mol. The molecule has 18 heavy (non-hydrogen) atoms. The van der Waals surface area contributed by atoms with Crippen LogP contribution in [0.15, 0.2) is 12.4 Å². The highest BCUT2D eigenvalue weighted by Gasteiger charge is 2.21. The fraction of sp³-hybridized carbons (Fsp3) is 0.692. The number of likely N-dealkylation sites (N-methyl/N-ethyl adjacent to an activating group) is 1. The third-order valence-corrected chi connectivity index (χ3v) is 3.51. The van der Waals surface area contributed by atoms with Crippen molar-refractivity contribution in [1.82, 2.24) is 14.9 Å². The molecule has 2 atom stereocenters. The van der Waals surface area contributed by atoms with E-state index in [4.69, 9.17) is 5.73 Å². The van der Waals surface area contributed by atoms with Crippen LogP contribution >= 0.6 is 0 Å². The van der Waals surface area contributed by atoms with Gasteiger partial charge >= 0.3 is 0 Å². The van der Waals surface area contributed by atoms with Crippen LogP contribution in [0.2, 0.25) is 0 Å². The van der Waals surface area contributed by atoms with Gasteiger partial charge in [-0.25, -0.2) is 9.97 Å². The Morgan fingerprint density at radius 3 is 2.78 bits per heavy atom. The summed E-state index contributed by atoms with van der Waals surface area (Å²) in [6, 6.07) is 0.318. The van der Waals surface area contributed by atoms with Crippen molar-refractivity contribution in [3.63, 3.8) is 0 Å². The lowest BCUT2D eigenvalue weighted by atomic mass is 10.0. The van der Waals surface area contributed by atoms with Crippen LogP contribution in [0.1, 0.15) is 31.2 Å². The molecule has 0 aliphatic carbocycles. The average molecular weight is 249 g/mol. The van der Waals surface area contributed by atoms with E-state index in [2.05, 4.69) is 34.2 Å². The molecule has 0 amide bonds. The first-order chi connectivity index (χ1) is 8.69. The fourth-order valence-corrected chi connectivity index (χ4v) is 2.37. The lowest BCUT2D eigenvalue weighted by Gasteiger charge is -2.14. The molecular formula is C13H23N5. The van der Waals surface area contributed by atoms with Gasteiger partial charge in [0.1, 0.15) is 0 Å². The Bertz CT molecular complexity index is 364. The number of likely N-dealkylation sites (tertiary alicyclic amines) is 1. The molecular weight excluding hydrogens is 226 g/mol. The highest BCUT2D eigenvalue weighted by molar-refractivity contribution is 5.27. The van der Waals surface area contributed by atoms with Gasteiger partial charge < -0.3 is 16.0 Å². The summed E-state index contributed by atoms with van der Waals surface area (Å²) in [5.74, 6) is 1.29. The first-order valence-electron chi connectivity index (χ1n) is 6.66. The minimum Gasteiger partial charge on any atom is -0.352 e. The molecule has 1 saturated heterocycles. The first kappa shape index (κ1) is 13.2. The average Bonchev–Trinajstić information content (AvgIpc) is 2.77. The van der Waals surface area contributed by atoms with Gasteiger partial charge in [0.15, 0.2) is 0 Å². The van der Waals surface area contributed by atoms with E-state index in [-0.39, 0.29) is 0 Å². The maximum Gasteiger partial charge on any atom is 0.222 e. The number of nitrogens with zero attached hydrogens (tertiary/aromatic N) is 3. The molecule has 1 aliphatic heterocycles. The molecule has 0 bridgehead atoms. The van der Waals surface area contributed by atoms with Crippen molar-refractivity contribution in [2.45, 2.75) is 31.7 Å². The molecule has 3 N–H and O–H groups in total. The zero-order chi connectivity index (χ0) is 13.0. The van der Waals surface area contributed by atoms with Crippen LogP contribution in [0, 0.1) is 0 Å². The van der Waals surface area contributed by atoms with Gasteiger partial charge in [-0.2, -0.15) is 0 Å². The van der Waals surface area contributed by atoms with E-state index >= 15 is 0 Å². The van der Waals surface area contributed by atoms with Gasteiger partial charge in [0.25, 0.3) is 0 Å².